The maximum atomic E-state index is 12.0. The van der Waals surface area contributed by atoms with Crippen molar-refractivity contribution in [3.05, 3.63) is 24.3 Å². The van der Waals surface area contributed by atoms with E-state index in [2.05, 4.69) is 0 Å². The monoisotopic (exact) mass is 278 g/mol. The van der Waals surface area contributed by atoms with Crippen LogP contribution >= 0.6 is 11.8 Å². The molecule has 0 aliphatic carbocycles. The van der Waals surface area contributed by atoms with Crippen molar-refractivity contribution < 1.29 is 9.53 Å². The van der Waals surface area contributed by atoms with E-state index in [1.54, 1.807) is 25.7 Å². The minimum absolute atomic E-state index is 0.121. The molecule has 0 aliphatic rings. The van der Waals surface area contributed by atoms with Crippen LogP contribution in [0, 0.1) is 11.3 Å². The molecule has 0 aromatic heterocycles. The molecule has 5 heteroatoms. The van der Waals surface area contributed by atoms with E-state index in [0.717, 1.165) is 4.90 Å². The molecule has 0 bridgehead atoms. The molecule has 1 atom stereocenters. The average molecular weight is 278 g/mol. The molecule has 0 N–H and O–H groups in total. The van der Waals surface area contributed by atoms with Gasteiger partial charge in [-0.25, -0.2) is 0 Å². The predicted octanol–water partition coefficient (Wildman–Crippen LogP) is 2.55. The molecule has 4 nitrogen and oxygen atoms in total. The molecule has 0 fully saturated rings. The summed E-state index contributed by atoms with van der Waals surface area (Å²) in [6.07, 6.45) is 1.78. The number of rotatable bonds is 6. The molecule has 19 heavy (non-hydrogen) atoms. The molecule has 102 valence electrons. The second-order valence-corrected chi connectivity index (χ2v) is 4.98. The number of amides is 1. The van der Waals surface area contributed by atoms with Gasteiger partial charge < -0.3 is 9.64 Å². The zero-order valence-electron chi connectivity index (χ0n) is 11.4. The average Bonchev–Trinajstić information content (AvgIpc) is 2.44. The van der Waals surface area contributed by atoms with Gasteiger partial charge in [-0.2, -0.15) is 5.26 Å². The van der Waals surface area contributed by atoms with Crippen LogP contribution in [0.25, 0.3) is 0 Å². The highest BCUT2D eigenvalue weighted by Gasteiger charge is 2.18. The van der Waals surface area contributed by atoms with E-state index >= 15 is 0 Å². The normalized spacial score (nSPS) is 11.5. The zero-order chi connectivity index (χ0) is 14.3. The van der Waals surface area contributed by atoms with Crippen molar-refractivity contribution >= 4 is 17.7 Å². The largest absolute Gasteiger partial charge is 0.481 e. The Morgan fingerprint density at radius 2 is 2.11 bits per heavy atom. The Hall–Kier alpha value is -1.67. The lowest BCUT2D eigenvalue weighted by Gasteiger charge is -2.21. The summed E-state index contributed by atoms with van der Waals surface area (Å²) in [6.45, 7) is 2.14. The molecule has 0 heterocycles. The smallest absolute Gasteiger partial charge is 0.263 e. The summed E-state index contributed by atoms with van der Waals surface area (Å²) in [4.78, 5) is 14.6. The van der Waals surface area contributed by atoms with Gasteiger partial charge in [0.15, 0.2) is 6.10 Å². The van der Waals surface area contributed by atoms with Crippen LogP contribution < -0.4 is 4.74 Å². The van der Waals surface area contributed by atoms with Gasteiger partial charge in [0.2, 0.25) is 0 Å². The van der Waals surface area contributed by atoms with Crippen LogP contribution in [-0.4, -0.2) is 36.8 Å². The second kappa shape index (κ2) is 7.70. The summed E-state index contributed by atoms with van der Waals surface area (Å²) in [5.74, 6) is 0.552. The third-order valence-electron chi connectivity index (χ3n) is 2.66. The van der Waals surface area contributed by atoms with Crippen LogP contribution in [-0.2, 0) is 4.79 Å². The Kier molecular flexibility index (Phi) is 6.23. The summed E-state index contributed by atoms with van der Waals surface area (Å²) in [5.41, 5.74) is 0. The second-order valence-electron chi connectivity index (χ2n) is 4.10. The zero-order valence-corrected chi connectivity index (χ0v) is 12.2. The first kappa shape index (κ1) is 15.4. The van der Waals surface area contributed by atoms with Crippen molar-refractivity contribution in [1.82, 2.24) is 4.90 Å². The molecule has 0 spiro atoms. The number of benzene rings is 1. The SMILES string of the molecule is CSc1ccc(OC(C)C(=O)N(C)CCC#N)cc1. The Labute approximate surface area is 118 Å². The number of likely N-dealkylation sites (N-methyl/N-ethyl adjacent to an activating group) is 1. The van der Waals surface area contributed by atoms with Crippen LogP contribution in [0.1, 0.15) is 13.3 Å². The fourth-order valence-electron chi connectivity index (χ4n) is 1.55. The Morgan fingerprint density at radius 3 is 2.63 bits per heavy atom. The van der Waals surface area contributed by atoms with Crippen LogP contribution in [0.3, 0.4) is 0 Å². The molecule has 0 radical (unpaired) electrons. The van der Waals surface area contributed by atoms with Crippen molar-refractivity contribution in [2.75, 3.05) is 19.8 Å². The van der Waals surface area contributed by atoms with Crippen LogP contribution in [0.2, 0.25) is 0 Å². The van der Waals surface area contributed by atoms with Gasteiger partial charge in [-0.15, -0.1) is 11.8 Å². The quantitative estimate of drug-likeness (QED) is 0.750. The lowest BCUT2D eigenvalue weighted by atomic mass is 10.3. The first-order valence-corrected chi connectivity index (χ1v) is 7.23. The number of thioether (sulfide) groups is 1. The number of ether oxygens (including phenoxy) is 1. The molecule has 1 aromatic carbocycles. The number of carbonyl (C=O) groups excluding carboxylic acids is 1. The van der Waals surface area contributed by atoms with E-state index in [1.165, 1.54) is 4.90 Å². The molecule has 1 unspecified atom stereocenters. The van der Waals surface area contributed by atoms with Gasteiger partial charge in [0, 0.05) is 18.5 Å². The molecular weight excluding hydrogens is 260 g/mol. The topological polar surface area (TPSA) is 53.3 Å². The number of nitriles is 1. The van der Waals surface area contributed by atoms with E-state index < -0.39 is 6.10 Å². The van der Waals surface area contributed by atoms with Gasteiger partial charge in [-0.3, -0.25) is 4.79 Å². The highest BCUT2D eigenvalue weighted by molar-refractivity contribution is 7.98. The van der Waals surface area contributed by atoms with E-state index in [-0.39, 0.29) is 5.91 Å². The van der Waals surface area contributed by atoms with Gasteiger partial charge in [0.1, 0.15) is 5.75 Å². The molecule has 1 amide bonds. The third kappa shape index (κ3) is 4.84. The van der Waals surface area contributed by atoms with E-state index in [9.17, 15) is 4.79 Å². The van der Waals surface area contributed by atoms with E-state index in [4.69, 9.17) is 10.00 Å². The summed E-state index contributed by atoms with van der Waals surface area (Å²) in [5, 5.41) is 8.50. The minimum Gasteiger partial charge on any atom is -0.481 e. The first-order chi connectivity index (χ1) is 9.08. The standard InChI is InChI=1S/C14H18N2O2S/c1-11(14(17)16(2)10-4-9-15)18-12-5-7-13(19-3)8-6-12/h5-8,11H,4,10H2,1-3H3. The number of hydrogen-bond donors (Lipinski definition) is 0. The Morgan fingerprint density at radius 1 is 1.47 bits per heavy atom. The van der Waals surface area contributed by atoms with Crippen molar-refractivity contribution in [2.45, 2.75) is 24.3 Å². The maximum absolute atomic E-state index is 12.0. The van der Waals surface area contributed by atoms with Crippen molar-refractivity contribution in [1.29, 1.82) is 5.26 Å². The summed E-state index contributed by atoms with van der Waals surface area (Å²) < 4.78 is 5.59. The summed E-state index contributed by atoms with van der Waals surface area (Å²) in [6, 6.07) is 9.63. The Bertz CT molecular complexity index is 454. The number of carbonyl (C=O) groups is 1. The minimum atomic E-state index is -0.552. The molecule has 1 aromatic rings. The van der Waals surface area contributed by atoms with Gasteiger partial charge >= 0.3 is 0 Å². The first-order valence-electron chi connectivity index (χ1n) is 6.01. The fraction of sp³-hybridized carbons (Fsp3) is 0.429. The molecule has 0 saturated carbocycles. The van der Waals surface area contributed by atoms with Crippen molar-refractivity contribution in [3.63, 3.8) is 0 Å². The van der Waals surface area contributed by atoms with Gasteiger partial charge in [0.05, 0.1) is 12.5 Å². The summed E-state index contributed by atoms with van der Waals surface area (Å²) >= 11 is 1.66. The maximum Gasteiger partial charge on any atom is 0.263 e. The van der Waals surface area contributed by atoms with Crippen LogP contribution in [0.5, 0.6) is 5.75 Å². The predicted molar refractivity (Wildman–Crippen MR) is 76.2 cm³/mol. The molecule has 1 rings (SSSR count). The van der Waals surface area contributed by atoms with E-state index in [0.29, 0.717) is 18.7 Å². The Balaban J connectivity index is 2.55. The highest BCUT2D eigenvalue weighted by Crippen LogP contribution is 2.20. The molecular formula is C14H18N2O2S. The lowest BCUT2D eigenvalue weighted by molar-refractivity contribution is -0.136. The highest BCUT2D eigenvalue weighted by atomic mass is 32.2. The van der Waals surface area contributed by atoms with Gasteiger partial charge in [0.25, 0.3) is 5.91 Å². The van der Waals surface area contributed by atoms with E-state index in [1.807, 2.05) is 36.6 Å². The third-order valence-corrected chi connectivity index (χ3v) is 3.40. The van der Waals surface area contributed by atoms with Crippen molar-refractivity contribution in [2.24, 2.45) is 0 Å². The van der Waals surface area contributed by atoms with Gasteiger partial charge in [-0.05, 0) is 37.4 Å². The summed E-state index contributed by atoms with van der Waals surface area (Å²) in [7, 11) is 1.68. The number of nitrogens with zero attached hydrogens (tertiary/aromatic N) is 2. The van der Waals surface area contributed by atoms with Crippen molar-refractivity contribution in [3.8, 4) is 11.8 Å². The lowest BCUT2D eigenvalue weighted by Crippen LogP contribution is -2.38. The molecule has 0 saturated heterocycles. The van der Waals surface area contributed by atoms with Crippen LogP contribution in [0.4, 0.5) is 0 Å². The van der Waals surface area contributed by atoms with Crippen LogP contribution in [0.15, 0.2) is 29.2 Å². The fourth-order valence-corrected chi connectivity index (χ4v) is 1.96. The van der Waals surface area contributed by atoms with Gasteiger partial charge in [-0.1, -0.05) is 0 Å². The number of hydrogen-bond acceptors (Lipinski definition) is 4. The molecule has 0 aliphatic heterocycles.